The SMILES string of the molecule is COc1cccc(N(C)S(=O)(=O)c2ncccc2N)c1. The second kappa shape index (κ2) is 5.38. The predicted molar refractivity (Wildman–Crippen MR) is 77.2 cm³/mol. The van der Waals surface area contributed by atoms with Gasteiger partial charge in [0.2, 0.25) is 0 Å². The molecule has 7 heteroatoms. The summed E-state index contributed by atoms with van der Waals surface area (Å²) in [5.74, 6) is 0.568. The molecule has 2 aromatic rings. The van der Waals surface area contributed by atoms with E-state index in [1.807, 2.05) is 0 Å². The first-order chi connectivity index (χ1) is 9.46. The third-order valence-electron chi connectivity index (χ3n) is 2.82. The molecule has 1 heterocycles. The molecule has 0 aliphatic heterocycles. The lowest BCUT2D eigenvalue weighted by molar-refractivity contribution is 0.415. The molecule has 0 bridgehead atoms. The molecule has 2 rings (SSSR count). The fourth-order valence-corrected chi connectivity index (χ4v) is 2.90. The van der Waals surface area contributed by atoms with Crippen LogP contribution in [0.2, 0.25) is 0 Å². The lowest BCUT2D eigenvalue weighted by Gasteiger charge is -2.20. The summed E-state index contributed by atoms with van der Waals surface area (Å²) in [6.45, 7) is 0. The van der Waals surface area contributed by atoms with E-state index >= 15 is 0 Å². The third kappa shape index (κ3) is 2.53. The molecule has 0 unspecified atom stereocenters. The van der Waals surface area contributed by atoms with Gasteiger partial charge >= 0.3 is 0 Å². The summed E-state index contributed by atoms with van der Waals surface area (Å²) in [7, 11) is -0.845. The minimum Gasteiger partial charge on any atom is -0.497 e. The Hall–Kier alpha value is -2.28. The number of sulfonamides is 1. The van der Waals surface area contributed by atoms with E-state index < -0.39 is 10.0 Å². The normalized spacial score (nSPS) is 11.1. The number of nitrogens with zero attached hydrogens (tertiary/aromatic N) is 2. The average molecular weight is 293 g/mol. The summed E-state index contributed by atoms with van der Waals surface area (Å²) in [6, 6.07) is 9.82. The van der Waals surface area contributed by atoms with Crippen molar-refractivity contribution in [3.8, 4) is 5.75 Å². The number of rotatable bonds is 4. The Labute approximate surface area is 117 Å². The van der Waals surface area contributed by atoms with E-state index in [1.54, 1.807) is 30.3 Å². The van der Waals surface area contributed by atoms with Crippen LogP contribution in [0.15, 0.2) is 47.6 Å². The number of anilines is 2. The van der Waals surface area contributed by atoms with Gasteiger partial charge in [0.05, 0.1) is 18.5 Å². The number of aromatic nitrogens is 1. The van der Waals surface area contributed by atoms with Crippen LogP contribution in [0.3, 0.4) is 0 Å². The van der Waals surface area contributed by atoms with Crippen molar-refractivity contribution in [3.63, 3.8) is 0 Å². The molecular weight excluding hydrogens is 278 g/mol. The molecular formula is C13H15N3O3S. The highest BCUT2D eigenvalue weighted by atomic mass is 32.2. The predicted octanol–water partition coefficient (Wildman–Crippen LogP) is 1.50. The zero-order valence-corrected chi connectivity index (χ0v) is 12.0. The highest BCUT2D eigenvalue weighted by Crippen LogP contribution is 2.26. The third-order valence-corrected chi connectivity index (χ3v) is 4.58. The van der Waals surface area contributed by atoms with Crippen molar-refractivity contribution in [1.82, 2.24) is 4.98 Å². The number of pyridine rings is 1. The van der Waals surface area contributed by atoms with Crippen LogP contribution in [0.1, 0.15) is 0 Å². The number of benzene rings is 1. The number of methoxy groups -OCH3 is 1. The van der Waals surface area contributed by atoms with Crippen molar-refractivity contribution in [2.45, 2.75) is 5.03 Å². The van der Waals surface area contributed by atoms with Crippen molar-refractivity contribution in [2.24, 2.45) is 0 Å². The zero-order valence-electron chi connectivity index (χ0n) is 11.1. The van der Waals surface area contributed by atoms with Crippen LogP contribution < -0.4 is 14.8 Å². The number of hydrogen-bond acceptors (Lipinski definition) is 5. The Morgan fingerprint density at radius 2 is 2.00 bits per heavy atom. The van der Waals surface area contributed by atoms with Gasteiger partial charge in [-0.1, -0.05) is 6.07 Å². The van der Waals surface area contributed by atoms with E-state index in [4.69, 9.17) is 10.5 Å². The highest BCUT2D eigenvalue weighted by molar-refractivity contribution is 7.92. The molecule has 0 amide bonds. The van der Waals surface area contributed by atoms with Crippen molar-refractivity contribution in [1.29, 1.82) is 0 Å². The van der Waals surface area contributed by atoms with Gasteiger partial charge in [0.1, 0.15) is 5.75 Å². The molecule has 1 aromatic carbocycles. The molecule has 0 saturated heterocycles. The monoisotopic (exact) mass is 293 g/mol. The van der Waals surface area contributed by atoms with Gasteiger partial charge in [-0.2, -0.15) is 8.42 Å². The van der Waals surface area contributed by atoms with E-state index in [0.29, 0.717) is 11.4 Å². The summed E-state index contributed by atoms with van der Waals surface area (Å²) in [5, 5.41) is -0.162. The molecule has 0 saturated carbocycles. The van der Waals surface area contributed by atoms with E-state index in [2.05, 4.69) is 4.98 Å². The molecule has 6 nitrogen and oxygen atoms in total. The van der Waals surface area contributed by atoms with Gasteiger partial charge in [-0.05, 0) is 24.3 Å². The topological polar surface area (TPSA) is 85.5 Å². The molecule has 20 heavy (non-hydrogen) atoms. The summed E-state index contributed by atoms with van der Waals surface area (Å²) in [6.07, 6.45) is 1.39. The number of ether oxygens (including phenoxy) is 1. The Kier molecular flexibility index (Phi) is 3.80. The van der Waals surface area contributed by atoms with Gasteiger partial charge in [0, 0.05) is 19.3 Å². The van der Waals surface area contributed by atoms with Crippen molar-refractivity contribution in [2.75, 3.05) is 24.2 Å². The molecule has 1 aromatic heterocycles. The summed E-state index contributed by atoms with van der Waals surface area (Å²) >= 11 is 0. The second-order valence-corrected chi connectivity index (χ2v) is 5.96. The van der Waals surface area contributed by atoms with Gasteiger partial charge in [0.15, 0.2) is 5.03 Å². The van der Waals surface area contributed by atoms with Crippen LogP contribution in [-0.4, -0.2) is 27.6 Å². The number of nitrogens with two attached hydrogens (primary N) is 1. The fraction of sp³-hybridized carbons (Fsp3) is 0.154. The minimum atomic E-state index is -3.81. The maximum Gasteiger partial charge on any atom is 0.283 e. The van der Waals surface area contributed by atoms with Crippen LogP contribution in [0, 0.1) is 0 Å². The number of nitrogen functional groups attached to an aromatic ring is 1. The van der Waals surface area contributed by atoms with Crippen LogP contribution in [0.4, 0.5) is 11.4 Å². The van der Waals surface area contributed by atoms with Gasteiger partial charge < -0.3 is 10.5 Å². The standard InChI is InChI=1S/C13H15N3O3S/c1-16(10-5-3-6-11(9-10)19-2)20(17,18)13-12(14)7-4-8-15-13/h3-9H,14H2,1-2H3. The molecule has 0 atom stereocenters. The first-order valence-corrected chi connectivity index (χ1v) is 7.24. The van der Waals surface area contributed by atoms with Gasteiger partial charge in [0.25, 0.3) is 10.0 Å². The zero-order chi connectivity index (χ0) is 14.8. The fourth-order valence-electron chi connectivity index (χ4n) is 1.69. The first-order valence-electron chi connectivity index (χ1n) is 5.80. The molecule has 0 fully saturated rings. The minimum absolute atomic E-state index is 0.113. The lowest BCUT2D eigenvalue weighted by atomic mass is 10.3. The Balaban J connectivity index is 2.46. The van der Waals surface area contributed by atoms with Crippen molar-refractivity contribution >= 4 is 21.4 Å². The van der Waals surface area contributed by atoms with Crippen molar-refractivity contribution in [3.05, 3.63) is 42.6 Å². The Bertz CT molecular complexity index is 716. The number of hydrogen-bond donors (Lipinski definition) is 1. The Morgan fingerprint density at radius 3 is 2.65 bits per heavy atom. The molecule has 0 spiro atoms. The lowest BCUT2D eigenvalue weighted by Crippen LogP contribution is -2.28. The quantitative estimate of drug-likeness (QED) is 0.923. The largest absolute Gasteiger partial charge is 0.497 e. The van der Waals surface area contributed by atoms with Crippen LogP contribution >= 0.6 is 0 Å². The van der Waals surface area contributed by atoms with Gasteiger partial charge in [-0.3, -0.25) is 4.31 Å². The van der Waals surface area contributed by atoms with E-state index in [-0.39, 0.29) is 10.7 Å². The second-order valence-electron chi connectivity index (χ2n) is 4.07. The van der Waals surface area contributed by atoms with Gasteiger partial charge in [-0.15, -0.1) is 0 Å². The van der Waals surface area contributed by atoms with Crippen LogP contribution in [0.5, 0.6) is 5.75 Å². The highest BCUT2D eigenvalue weighted by Gasteiger charge is 2.25. The maximum atomic E-state index is 12.5. The summed E-state index contributed by atoms with van der Waals surface area (Å²) in [5.41, 5.74) is 6.27. The molecule has 106 valence electrons. The summed E-state index contributed by atoms with van der Waals surface area (Å²) in [4.78, 5) is 3.85. The van der Waals surface area contributed by atoms with Crippen molar-refractivity contribution < 1.29 is 13.2 Å². The molecule has 0 radical (unpaired) electrons. The molecule has 2 N–H and O–H groups in total. The summed E-state index contributed by atoms with van der Waals surface area (Å²) < 4.78 is 31.2. The first kappa shape index (κ1) is 14.1. The smallest absolute Gasteiger partial charge is 0.283 e. The maximum absolute atomic E-state index is 12.5. The van der Waals surface area contributed by atoms with E-state index in [1.165, 1.54) is 26.4 Å². The molecule has 0 aliphatic rings. The Morgan fingerprint density at radius 1 is 1.25 bits per heavy atom. The average Bonchev–Trinajstić information content (AvgIpc) is 2.46. The van der Waals surface area contributed by atoms with Gasteiger partial charge in [-0.25, -0.2) is 4.98 Å². The van der Waals surface area contributed by atoms with Crippen LogP contribution in [0.25, 0.3) is 0 Å². The molecule has 0 aliphatic carbocycles. The van der Waals surface area contributed by atoms with E-state index in [0.717, 1.165) is 4.31 Å². The van der Waals surface area contributed by atoms with Crippen LogP contribution in [-0.2, 0) is 10.0 Å². The van der Waals surface area contributed by atoms with E-state index in [9.17, 15) is 8.42 Å².